The van der Waals surface area contributed by atoms with E-state index < -0.39 is 0 Å². The molecule has 1 heterocycles. The van der Waals surface area contributed by atoms with Crippen LogP contribution in [0.2, 0.25) is 5.02 Å². The predicted octanol–water partition coefficient (Wildman–Crippen LogP) is 2.24. The van der Waals surface area contributed by atoms with E-state index in [1.165, 1.54) is 0 Å². The highest BCUT2D eigenvalue weighted by molar-refractivity contribution is 6.32. The third kappa shape index (κ3) is 5.81. The molecule has 1 amide bonds. The molecule has 0 aromatic heterocycles. The summed E-state index contributed by atoms with van der Waals surface area (Å²) in [5.41, 5.74) is 0. The number of carbonyl (C=O) groups is 1. The van der Waals surface area contributed by atoms with Crippen LogP contribution in [0, 0.1) is 0 Å². The van der Waals surface area contributed by atoms with Crippen molar-refractivity contribution in [3.8, 4) is 5.75 Å². The molecule has 0 saturated carbocycles. The van der Waals surface area contributed by atoms with Crippen LogP contribution in [0.4, 0.5) is 0 Å². The molecule has 0 aliphatic carbocycles. The van der Waals surface area contributed by atoms with Crippen molar-refractivity contribution in [2.45, 2.75) is 26.9 Å². The lowest BCUT2D eigenvalue weighted by Gasteiger charge is -2.36. The van der Waals surface area contributed by atoms with Gasteiger partial charge in [0.1, 0.15) is 11.9 Å². The number of ether oxygens (including phenoxy) is 1. The fourth-order valence-electron chi connectivity index (χ4n) is 2.67. The van der Waals surface area contributed by atoms with Gasteiger partial charge in [0.15, 0.2) is 5.96 Å². The Balaban J connectivity index is 1.93. The molecular formula is C18H27ClN4O2. The summed E-state index contributed by atoms with van der Waals surface area (Å²) in [6.45, 7) is 9.98. The van der Waals surface area contributed by atoms with Gasteiger partial charge in [-0.05, 0) is 26.0 Å². The largest absolute Gasteiger partial charge is 0.487 e. The van der Waals surface area contributed by atoms with E-state index in [1.54, 1.807) is 6.92 Å². The van der Waals surface area contributed by atoms with E-state index in [-0.39, 0.29) is 12.0 Å². The van der Waals surface area contributed by atoms with Crippen LogP contribution < -0.4 is 10.1 Å². The average molecular weight is 367 g/mol. The highest BCUT2D eigenvalue weighted by atomic mass is 35.5. The SMILES string of the molecule is CCNC(=NCC(C)Oc1ccccc1Cl)N1CCN(C(C)=O)CC1. The van der Waals surface area contributed by atoms with Gasteiger partial charge in [0.2, 0.25) is 5.91 Å². The Morgan fingerprint density at radius 2 is 1.92 bits per heavy atom. The summed E-state index contributed by atoms with van der Waals surface area (Å²) in [4.78, 5) is 20.2. The van der Waals surface area contributed by atoms with E-state index in [1.807, 2.05) is 43.0 Å². The second-order valence-corrected chi connectivity index (χ2v) is 6.45. The normalized spacial score (nSPS) is 16.6. The van der Waals surface area contributed by atoms with Gasteiger partial charge < -0.3 is 19.9 Å². The maximum absolute atomic E-state index is 11.5. The zero-order valence-corrected chi connectivity index (χ0v) is 15.9. The zero-order chi connectivity index (χ0) is 18.2. The van der Waals surface area contributed by atoms with E-state index in [9.17, 15) is 4.79 Å². The first-order valence-corrected chi connectivity index (χ1v) is 9.09. The lowest BCUT2D eigenvalue weighted by Crippen LogP contribution is -2.53. The van der Waals surface area contributed by atoms with Crippen LogP contribution in [0.3, 0.4) is 0 Å². The third-order valence-electron chi connectivity index (χ3n) is 4.02. The number of carbonyl (C=O) groups excluding carboxylic acids is 1. The Morgan fingerprint density at radius 3 is 2.52 bits per heavy atom. The number of nitrogens with zero attached hydrogens (tertiary/aromatic N) is 3. The molecule has 1 aliphatic heterocycles. The highest BCUT2D eigenvalue weighted by Gasteiger charge is 2.21. The number of piperazine rings is 1. The molecule has 0 spiro atoms. The molecule has 1 N–H and O–H groups in total. The summed E-state index contributed by atoms with van der Waals surface area (Å²) in [6, 6.07) is 7.44. The Morgan fingerprint density at radius 1 is 1.28 bits per heavy atom. The Kier molecular flexibility index (Phi) is 7.37. The summed E-state index contributed by atoms with van der Waals surface area (Å²) in [6.07, 6.45) is -0.0907. The number of halogens is 1. The first-order chi connectivity index (χ1) is 12.0. The molecule has 1 aliphatic rings. The van der Waals surface area contributed by atoms with Gasteiger partial charge in [-0.25, -0.2) is 4.99 Å². The summed E-state index contributed by atoms with van der Waals surface area (Å²) in [5.74, 6) is 1.66. The van der Waals surface area contributed by atoms with Crippen molar-refractivity contribution in [1.82, 2.24) is 15.1 Å². The maximum Gasteiger partial charge on any atom is 0.219 e. The highest BCUT2D eigenvalue weighted by Crippen LogP contribution is 2.24. The van der Waals surface area contributed by atoms with Crippen LogP contribution in [0.1, 0.15) is 20.8 Å². The van der Waals surface area contributed by atoms with Crippen LogP contribution in [-0.2, 0) is 4.79 Å². The molecular weight excluding hydrogens is 340 g/mol. The molecule has 0 bridgehead atoms. The number of aliphatic imine (C=N–C) groups is 1. The van der Waals surface area contributed by atoms with Crippen molar-refractivity contribution < 1.29 is 9.53 Å². The number of nitrogens with one attached hydrogen (secondary N) is 1. The van der Waals surface area contributed by atoms with Crippen LogP contribution in [0.15, 0.2) is 29.3 Å². The standard InChI is InChI=1S/C18H27ClN4O2/c1-4-20-18(23-11-9-22(10-12-23)15(3)24)21-13-14(2)25-17-8-6-5-7-16(17)19/h5-8,14H,4,9-13H2,1-3H3,(H,20,21). The molecule has 1 saturated heterocycles. The van der Waals surface area contributed by atoms with E-state index >= 15 is 0 Å². The van der Waals surface area contributed by atoms with Gasteiger partial charge in [-0.1, -0.05) is 23.7 Å². The van der Waals surface area contributed by atoms with Gasteiger partial charge in [0.25, 0.3) is 0 Å². The molecule has 1 aromatic rings. The summed E-state index contributed by atoms with van der Waals surface area (Å²) in [5, 5.41) is 3.92. The topological polar surface area (TPSA) is 57.2 Å². The Bertz CT molecular complexity index is 600. The van der Waals surface area contributed by atoms with Gasteiger partial charge in [-0.2, -0.15) is 0 Å². The van der Waals surface area contributed by atoms with E-state index in [0.717, 1.165) is 38.7 Å². The third-order valence-corrected chi connectivity index (χ3v) is 4.33. The van der Waals surface area contributed by atoms with Crippen LogP contribution in [0.25, 0.3) is 0 Å². The number of amides is 1. The lowest BCUT2D eigenvalue weighted by molar-refractivity contribution is -0.130. The Hall–Kier alpha value is -1.95. The molecule has 1 atom stereocenters. The Labute approximate surface area is 154 Å². The summed E-state index contributed by atoms with van der Waals surface area (Å²) < 4.78 is 5.87. The number of guanidine groups is 1. The number of benzene rings is 1. The molecule has 2 rings (SSSR count). The quantitative estimate of drug-likeness (QED) is 0.641. The maximum atomic E-state index is 11.5. The molecule has 1 aromatic carbocycles. The fourth-order valence-corrected chi connectivity index (χ4v) is 2.85. The predicted molar refractivity (Wildman–Crippen MR) is 101 cm³/mol. The molecule has 1 unspecified atom stereocenters. The minimum absolute atomic E-state index is 0.0907. The van der Waals surface area contributed by atoms with Crippen molar-refractivity contribution in [1.29, 1.82) is 0 Å². The van der Waals surface area contributed by atoms with Gasteiger partial charge in [-0.3, -0.25) is 4.79 Å². The zero-order valence-electron chi connectivity index (χ0n) is 15.2. The van der Waals surface area contributed by atoms with Crippen LogP contribution >= 0.6 is 11.6 Å². The molecule has 0 radical (unpaired) electrons. The molecule has 25 heavy (non-hydrogen) atoms. The van der Waals surface area contributed by atoms with E-state index in [2.05, 4.69) is 10.2 Å². The van der Waals surface area contributed by atoms with Crippen molar-refractivity contribution in [2.24, 2.45) is 4.99 Å². The second kappa shape index (κ2) is 9.51. The van der Waals surface area contributed by atoms with Gasteiger partial charge in [-0.15, -0.1) is 0 Å². The first-order valence-electron chi connectivity index (χ1n) is 8.71. The number of hydrogen-bond donors (Lipinski definition) is 1. The van der Waals surface area contributed by atoms with Crippen LogP contribution in [-0.4, -0.2) is 67.0 Å². The second-order valence-electron chi connectivity index (χ2n) is 6.05. The number of hydrogen-bond acceptors (Lipinski definition) is 3. The average Bonchev–Trinajstić information content (AvgIpc) is 2.60. The first kappa shape index (κ1) is 19.4. The summed E-state index contributed by atoms with van der Waals surface area (Å²) in [7, 11) is 0. The number of para-hydroxylation sites is 1. The smallest absolute Gasteiger partial charge is 0.219 e. The van der Waals surface area contributed by atoms with E-state index in [4.69, 9.17) is 21.3 Å². The van der Waals surface area contributed by atoms with Crippen molar-refractivity contribution in [3.05, 3.63) is 29.3 Å². The minimum Gasteiger partial charge on any atom is -0.487 e. The minimum atomic E-state index is -0.0907. The fraction of sp³-hybridized carbons (Fsp3) is 0.556. The van der Waals surface area contributed by atoms with Crippen molar-refractivity contribution in [3.63, 3.8) is 0 Å². The van der Waals surface area contributed by atoms with E-state index in [0.29, 0.717) is 17.3 Å². The summed E-state index contributed by atoms with van der Waals surface area (Å²) >= 11 is 6.13. The monoisotopic (exact) mass is 366 g/mol. The molecule has 7 heteroatoms. The van der Waals surface area contributed by atoms with Gasteiger partial charge in [0.05, 0.1) is 11.6 Å². The number of rotatable bonds is 5. The van der Waals surface area contributed by atoms with Gasteiger partial charge in [0, 0.05) is 39.6 Å². The lowest BCUT2D eigenvalue weighted by atomic mass is 10.3. The molecule has 138 valence electrons. The van der Waals surface area contributed by atoms with Gasteiger partial charge >= 0.3 is 0 Å². The van der Waals surface area contributed by atoms with Crippen molar-refractivity contribution >= 4 is 23.5 Å². The molecule has 1 fully saturated rings. The van der Waals surface area contributed by atoms with Crippen molar-refractivity contribution in [2.75, 3.05) is 39.3 Å². The molecule has 6 nitrogen and oxygen atoms in total. The van der Waals surface area contributed by atoms with Crippen LogP contribution in [0.5, 0.6) is 5.75 Å².